The van der Waals surface area contributed by atoms with Gasteiger partial charge in [-0.2, -0.15) is 10.5 Å². The predicted octanol–water partition coefficient (Wildman–Crippen LogP) is 25.8. The fourth-order valence-corrected chi connectivity index (χ4v) is 14.2. The van der Waals surface area contributed by atoms with E-state index in [0.29, 0.717) is 38.7 Å². The predicted molar refractivity (Wildman–Crippen MR) is 422 cm³/mol. The third kappa shape index (κ3) is 14.8. The highest BCUT2D eigenvalue weighted by Gasteiger charge is 2.19. The summed E-state index contributed by atoms with van der Waals surface area (Å²) in [5, 5.41) is 32.0. The number of rotatable bonds is 2. The van der Waals surface area contributed by atoms with Gasteiger partial charge in [-0.3, -0.25) is 0 Å². The van der Waals surface area contributed by atoms with Crippen LogP contribution in [-0.2, 0) is 7.05 Å². The van der Waals surface area contributed by atoms with Crippen LogP contribution in [0.25, 0.3) is 86.4 Å². The Morgan fingerprint density at radius 3 is 1.05 bits per heavy atom. The van der Waals surface area contributed by atoms with E-state index in [1.165, 1.54) is 84.8 Å². The van der Waals surface area contributed by atoms with Gasteiger partial charge in [-0.25, -0.2) is 4.39 Å². The second kappa shape index (κ2) is 32.4. The van der Waals surface area contributed by atoms with Crippen molar-refractivity contribution in [3.8, 4) is 12.1 Å². The highest BCUT2D eigenvalue weighted by Crippen LogP contribution is 2.47. The van der Waals surface area contributed by atoms with Gasteiger partial charge in [-0.15, -0.1) is 0 Å². The van der Waals surface area contributed by atoms with Crippen molar-refractivity contribution in [1.29, 1.82) is 10.5 Å². The Hall–Kier alpha value is -9.79. The summed E-state index contributed by atoms with van der Waals surface area (Å²) in [7, 11) is 6.31. The van der Waals surface area contributed by atoms with Crippen LogP contribution in [0.3, 0.4) is 0 Å². The van der Waals surface area contributed by atoms with Crippen LogP contribution < -0.4 is 9.80 Å². The van der Waals surface area contributed by atoms with E-state index in [9.17, 15) is 14.9 Å². The van der Waals surface area contributed by atoms with Crippen LogP contribution in [0.5, 0.6) is 0 Å². The molecule has 0 bridgehead atoms. The van der Waals surface area contributed by atoms with Gasteiger partial charge in [0.2, 0.25) is 0 Å². The third-order valence-electron chi connectivity index (χ3n) is 16.3. The van der Waals surface area contributed by atoms with Gasteiger partial charge in [0.25, 0.3) is 0 Å². The minimum Gasteiger partial charge on any atom is -0.345 e. The molecule has 0 aliphatic carbocycles. The van der Waals surface area contributed by atoms with Crippen LogP contribution in [0.2, 0.25) is 0 Å². The Bertz CT molecular complexity index is 4980. The van der Waals surface area contributed by atoms with Crippen molar-refractivity contribution in [3.63, 3.8) is 0 Å². The van der Waals surface area contributed by atoms with Crippen molar-refractivity contribution in [2.24, 2.45) is 7.05 Å². The molecule has 1 aliphatic heterocycles. The topological polar surface area (TPSA) is 59.0 Å². The van der Waals surface area contributed by atoms with E-state index in [0.717, 1.165) is 21.5 Å². The maximum atomic E-state index is 14.3. The summed E-state index contributed by atoms with van der Waals surface area (Å²) < 4.78 is 27.0. The molecule has 17 rings (SSSR count). The molecule has 0 unspecified atom stereocenters. The summed E-state index contributed by atoms with van der Waals surface area (Å²) >= 11 is 11.4. The number of benzene rings is 15. The van der Waals surface area contributed by atoms with Gasteiger partial charge in [0, 0.05) is 105 Å². The number of hydrogen-bond donors (Lipinski definition) is 0. The monoisotopic (exact) mass is 1490 g/mol. The van der Waals surface area contributed by atoms with Crippen LogP contribution >= 0.6 is 66.2 Å². The molecule has 0 fully saturated rings. The molecule has 0 N–H and O–H groups in total. The molecule has 15 aromatic carbocycles. The smallest absolute Gasteiger partial charge is 0.138 e. The lowest BCUT2D eigenvalue weighted by Gasteiger charge is -2.29. The highest BCUT2D eigenvalue weighted by molar-refractivity contribution is 14.1. The minimum atomic E-state index is -0.254. The Morgan fingerprint density at radius 2 is 0.674 bits per heavy atom. The van der Waals surface area contributed by atoms with Crippen LogP contribution in [-0.4, -0.2) is 23.6 Å². The molecule has 0 atom stereocenters. The molecule has 0 saturated carbocycles. The standard InChI is InChI=1S/C15H8FN.C15H9N.C14H8Br2.C13H11NS.C13H11N.C13H13N.CH3I.CH4/c16-15-12-7-3-1-5-10(12)14(9-17)11-6-2-4-8-13(11)15;16-10-15-13-7-3-1-5-11(13)9-12-6-2-4-8-14(12)15;15-13-9-5-1-2-6-10(9)14(16)12-8-4-3-7-11(12)13;1-14-10-6-2-4-8-12(10)15-13-9-5-3-7-11(13)14;1-14-12-8-4-2-6-10(12)11-7-3-5-9-13(11)14;1-14(12-8-4-2-5-9-12)13-10-6-3-7-11-13;1-2;/h1-8H;1-9H;1-8H;2-9H,1H3;2-9H,1H3;2-11H,1H3;1H3;1H4/i;9D;;;;;;. The third-order valence-corrected chi connectivity index (χ3v) is 19.2. The number of alkyl halides is 1. The van der Waals surface area contributed by atoms with Crippen LogP contribution in [0, 0.1) is 28.5 Å². The van der Waals surface area contributed by atoms with E-state index >= 15 is 0 Å². The minimum absolute atomic E-state index is 0. The molecule has 0 radical (unpaired) electrons. The number of fused-ring (bicyclic) bond motifs is 11. The Morgan fingerprint density at radius 1 is 0.389 bits per heavy atom. The van der Waals surface area contributed by atoms with Gasteiger partial charge in [-0.05, 0) is 136 Å². The van der Waals surface area contributed by atoms with Gasteiger partial charge >= 0.3 is 0 Å². The molecule has 2 heterocycles. The summed E-state index contributed by atoms with van der Waals surface area (Å²) in [6, 6.07) is 106. The zero-order valence-electron chi connectivity index (χ0n) is 53.0. The molecule has 0 saturated heterocycles. The molecule has 5 nitrogen and oxygen atoms in total. The van der Waals surface area contributed by atoms with Crippen molar-refractivity contribution in [2.45, 2.75) is 17.2 Å². The van der Waals surface area contributed by atoms with Crippen molar-refractivity contribution >= 4 is 175 Å². The van der Waals surface area contributed by atoms with Crippen molar-refractivity contribution in [2.75, 3.05) is 28.8 Å². The molecule has 10 heteroatoms. The molecule has 95 heavy (non-hydrogen) atoms. The zero-order valence-corrected chi connectivity index (χ0v) is 58.2. The van der Waals surface area contributed by atoms with E-state index in [1.54, 1.807) is 36.4 Å². The summed E-state index contributed by atoms with van der Waals surface area (Å²) in [6.07, 6.45) is 0. The van der Waals surface area contributed by atoms with E-state index in [4.69, 9.17) is 1.37 Å². The number of halogens is 4. The van der Waals surface area contributed by atoms with Crippen LogP contribution in [0.1, 0.15) is 19.9 Å². The maximum absolute atomic E-state index is 14.3. The first kappa shape index (κ1) is 66.7. The lowest BCUT2D eigenvalue weighted by molar-refractivity contribution is 0.651. The molecule has 1 aromatic heterocycles. The van der Waals surface area contributed by atoms with Gasteiger partial charge in [0.1, 0.15) is 18.0 Å². The van der Waals surface area contributed by atoms with Crippen LogP contribution in [0.15, 0.2) is 328 Å². The number of anilines is 4. The zero-order chi connectivity index (χ0) is 66.4. The summed E-state index contributed by atoms with van der Waals surface area (Å²) in [4.78, 5) is 9.05. The Labute approximate surface area is 591 Å². The second-order valence-electron chi connectivity index (χ2n) is 21.7. The van der Waals surface area contributed by atoms with E-state index in [1.807, 2.05) is 89.5 Å². The van der Waals surface area contributed by atoms with Crippen LogP contribution in [0.4, 0.5) is 27.1 Å². The molecule has 16 aromatic rings. The summed E-state index contributed by atoms with van der Waals surface area (Å²) in [6.45, 7) is 0. The van der Waals surface area contributed by atoms with E-state index in [2.05, 4.69) is 296 Å². The average molecular weight is 1500 g/mol. The highest BCUT2D eigenvalue weighted by atomic mass is 127. The van der Waals surface area contributed by atoms with Gasteiger partial charge in [0.05, 0.1) is 23.9 Å². The first-order chi connectivity index (χ1) is 46.6. The fraction of sp³-hybridized carbons (Fsp3) is 0.0588. The molecular formula is C85H67Br2FIN5S. The SMILES string of the molecule is Brc1c2ccccc2c(Br)c2ccccc12.C.CI.CN(c1ccccc1)c1ccccc1.CN1c2ccccc2Sc2ccccc21.Cn1c2ccccc2c2ccccc21.N#Cc1c2ccccc2c(F)c2ccccc12.[2H]c1c2ccccc2c(C#N)c2ccccc12. The second-order valence-corrected chi connectivity index (χ2v) is 24.4. The first-order valence-electron chi connectivity index (χ1n) is 30.8. The average Bonchev–Trinajstić information content (AvgIpc) is 0.931. The molecule has 466 valence electrons. The molecule has 0 spiro atoms. The largest absolute Gasteiger partial charge is 0.345 e. The number of aryl methyl sites for hydroxylation is 1. The van der Waals surface area contributed by atoms with Crippen molar-refractivity contribution in [3.05, 3.63) is 335 Å². The lowest BCUT2D eigenvalue weighted by Crippen LogP contribution is -2.14. The fourth-order valence-electron chi connectivity index (χ4n) is 11.7. The number of hydrogen-bond acceptors (Lipinski definition) is 5. The summed E-state index contributed by atoms with van der Waals surface area (Å²) in [5.41, 5.74) is 8.80. The number of nitrogens with zero attached hydrogens (tertiary/aromatic N) is 5. The van der Waals surface area contributed by atoms with E-state index in [-0.39, 0.29) is 13.2 Å². The Kier molecular flexibility index (Phi) is 22.7. The quantitative estimate of drug-likeness (QED) is 0.0981. The summed E-state index contributed by atoms with van der Waals surface area (Å²) in [5.74, 6) is -0.254. The lowest BCUT2D eigenvalue weighted by atomic mass is 9.97. The Balaban J connectivity index is 0.000000125. The van der Waals surface area contributed by atoms with Gasteiger partial charge < -0.3 is 14.4 Å². The molecule has 0 amide bonds. The van der Waals surface area contributed by atoms with Crippen molar-refractivity contribution < 1.29 is 5.76 Å². The van der Waals surface area contributed by atoms with Gasteiger partial charge in [0.15, 0.2) is 0 Å². The normalized spacial score (nSPS) is 10.9. The number of para-hydroxylation sites is 6. The first-order valence-corrected chi connectivity index (χ1v) is 34.9. The maximum Gasteiger partial charge on any atom is 0.138 e. The van der Waals surface area contributed by atoms with E-state index < -0.39 is 0 Å². The number of aromatic nitrogens is 1. The number of nitriles is 2. The van der Waals surface area contributed by atoms with Crippen molar-refractivity contribution in [1.82, 2.24) is 4.57 Å². The molecule has 1 aliphatic rings. The van der Waals surface area contributed by atoms with Gasteiger partial charge in [-0.1, -0.05) is 284 Å². The molecular weight excluding hydrogens is 1430 g/mol.